The fraction of sp³-hybridized carbons (Fsp3) is 0.588. The van der Waals surface area contributed by atoms with Crippen molar-refractivity contribution in [3.05, 3.63) is 94.2 Å². The van der Waals surface area contributed by atoms with Crippen LogP contribution in [0.25, 0.3) is 10.4 Å². The molecular formula is C51H67ClN7O9P. The summed E-state index contributed by atoms with van der Waals surface area (Å²) >= 11 is 6.49. The van der Waals surface area contributed by atoms with E-state index >= 15 is 0 Å². The van der Waals surface area contributed by atoms with Gasteiger partial charge < -0.3 is 33.9 Å². The van der Waals surface area contributed by atoms with E-state index in [1.54, 1.807) is 56.3 Å². The molecule has 2 fully saturated rings. The number of hydrogen-bond acceptors (Lipinski definition) is 14. The monoisotopic (exact) mass is 987 g/mol. The van der Waals surface area contributed by atoms with Crippen molar-refractivity contribution in [3.8, 4) is 17.9 Å². The molecule has 0 amide bonds. The number of nitrogen functional groups attached to an aromatic ring is 1. The van der Waals surface area contributed by atoms with Crippen LogP contribution in [-0.2, 0) is 49.5 Å². The Morgan fingerprint density at radius 3 is 2.23 bits per heavy atom. The zero-order valence-corrected chi connectivity index (χ0v) is 41.8. The molecule has 0 saturated carbocycles. The summed E-state index contributed by atoms with van der Waals surface area (Å²) in [6, 6.07) is 19.0. The summed E-state index contributed by atoms with van der Waals surface area (Å²) in [6.45, 7) is 13.0. The highest BCUT2D eigenvalue weighted by Crippen LogP contribution is 2.54. The number of halogens is 1. The molecule has 0 bridgehead atoms. The van der Waals surface area contributed by atoms with Crippen molar-refractivity contribution >= 4 is 36.4 Å². The maximum absolute atomic E-state index is 14.9. The van der Waals surface area contributed by atoms with E-state index in [9.17, 15) is 15.1 Å². The van der Waals surface area contributed by atoms with E-state index in [2.05, 4.69) is 34.0 Å². The first kappa shape index (κ1) is 53.7. The van der Waals surface area contributed by atoms with Gasteiger partial charge in [-0.3, -0.25) is 9.05 Å². The third-order valence-corrected chi connectivity index (χ3v) is 14.0. The highest BCUT2D eigenvalue weighted by Gasteiger charge is 2.65. The van der Waals surface area contributed by atoms with Crippen LogP contribution in [0.2, 0.25) is 5.02 Å². The van der Waals surface area contributed by atoms with E-state index in [-0.39, 0.29) is 36.4 Å². The number of phosphoric ester groups is 1. The molecule has 0 spiro atoms. The molecule has 2 saturated heterocycles. The van der Waals surface area contributed by atoms with Gasteiger partial charge >= 0.3 is 7.82 Å². The van der Waals surface area contributed by atoms with E-state index in [0.717, 1.165) is 19.3 Å². The van der Waals surface area contributed by atoms with Gasteiger partial charge in [0.15, 0.2) is 17.3 Å². The van der Waals surface area contributed by atoms with Crippen molar-refractivity contribution < 1.29 is 41.8 Å². The number of nitrogens with zero attached hydrogens (tertiary/aromatic N) is 6. The van der Waals surface area contributed by atoms with Crippen LogP contribution >= 0.6 is 19.4 Å². The topological polar surface area (TPSA) is 199 Å². The predicted octanol–water partition coefficient (Wildman–Crippen LogP) is 12.1. The van der Waals surface area contributed by atoms with Gasteiger partial charge in [0.2, 0.25) is 5.60 Å². The normalized spacial score (nSPS) is 20.7. The zero-order chi connectivity index (χ0) is 49.1. The number of fused-ring (bicyclic) bond motifs is 2. The van der Waals surface area contributed by atoms with Crippen LogP contribution in [0, 0.1) is 29.2 Å². The number of aromatic nitrogens is 3. The third-order valence-electron chi connectivity index (χ3n) is 12.3. The van der Waals surface area contributed by atoms with Gasteiger partial charge in [-0.25, -0.2) is 18.9 Å². The number of hydrogen-bond donors (Lipinski definition) is 1. The summed E-state index contributed by atoms with van der Waals surface area (Å²) < 4.78 is 66.0. The van der Waals surface area contributed by atoms with Gasteiger partial charge in [-0.05, 0) is 62.2 Å². The molecule has 4 heterocycles. The molecule has 372 valence electrons. The van der Waals surface area contributed by atoms with Gasteiger partial charge in [-0.2, -0.15) is 15.6 Å². The molecule has 6 atom stereocenters. The molecule has 16 nitrogen and oxygen atoms in total. The molecular weight excluding hydrogens is 921 g/mol. The minimum atomic E-state index is -4.60. The van der Waals surface area contributed by atoms with E-state index < -0.39 is 50.2 Å². The number of nitrogens with two attached hydrogens (primary N) is 1. The maximum atomic E-state index is 14.9. The number of nitriles is 2. The first-order valence-electron chi connectivity index (χ1n) is 24.4. The van der Waals surface area contributed by atoms with Crippen molar-refractivity contribution in [2.45, 2.75) is 166 Å². The van der Waals surface area contributed by atoms with E-state index in [4.69, 9.17) is 61.2 Å². The number of benzene rings is 2. The average Bonchev–Trinajstić information content (AvgIpc) is 4.02. The molecule has 2 aromatic heterocycles. The second kappa shape index (κ2) is 26.5. The average molecular weight is 989 g/mol. The van der Waals surface area contributed by atoms with Crippen LogP contribution in [-0.4, -0.2) is 71.2 Å². The Balaban J connectivity index is 1.08. The summed E-state index contributed by atoms with van der Waals surface area (Å²) in [6.07, 6.45) is 17.8. The standard InChI is InChI=1S/C51H67ClN7O9P/c1-5-6-7-8-9-10-11-12-13-14-15-16-17-18-19-22-27-61-33-41(62-32-39-28-38(31-53)29-40(30-39)56-4)34-63-69(60,68-44-24-21-20-23-42(44)52)64-35-45-47-48(67-50(2,3)66-47)51(36-54,65-45)46-26-25-43-49(55)57-37-58-59(43)46/h20-21,23-26,28-30,37,41,45,47-48H,5-19,22,27,32-35H2,1-3H3,(H2,55,57,58)/t41-,45-,47-,48-,51+,69?/m1/s1. The minimum Gasteiger partial charge on any atom is -0.402 e. The molecule has 6 rings (SSSR count). The Labute approximate surface area is 412 Å². The fourth-order valence-corrected chi connectivity index (χ4v) is 10.2. The smallest absolute Gasteiger partial charge is 0.402 e. The zero-order valence-electron chi connectivity index (χ0n) is 40.2. The van der Waals surface area contributed by atoms with E-state index in [0.29, 0.717) is 34.6 Å². The number of para-hydroxylation sites is 1. The minimum absolute atomic E-state index is 0.00165. The Morgan fingerprint density at radius 2 is 1.58 bits per heavy atom. The summed E-state index contributed by atoms with van der Waals surface area (Å²) in [5.41, 5.74) is 6.35. The van der Waals surface area contributed by atoms with E-state index in [1.165, 1.54) is 106 Å². The fourth-order valence-electron chi connectivity index (χ4n) is 8.74. The van der Waals surface area contributed by atoms with Crippen LogP contribution < -0.4 is 10.3 Å². The lowest BCUT2D eigenvalue weighted by molar-refractivity contribution is -0.204. The van der Waals surface area contributed by atoms with Gasteiger partial charge in [0.25, 0.3) is 0 Å². The van der Waals surface area contributed by atoms with Gasteiger partial charge in [0.05, 0.1) is 49.8 Å². The van der Waals surface area contributed by atoms with Crippen molar-refractivity contribution in [2.24, 2.45) is 0 Å². The lowest BCUT2D eigenvalue weighted by Crippen LogP contribution is -2.40. The highest BCUT2D eigenvalue weighted by atomic mass is 35.5. The van der Waals surface area contributed by atoms with Crippen molar-refractivity contribution in [2.75, 3.05) is 32.2 Å². The van der Waals surface area contributed by atoms with Crippen LogP contribution in [0.15, 0.2) is 60.9 Å². The molecule has 2 aliphatic rings. The lowest BCUT2D eigenvalue weighted by atomic mass is 9.92. The molecule has 1 unspecified atom stereocenters. The van der Waals surface area contributed by atoms with Gasteiger partial charge in [-0.1, -0.05) is 133 Å². The molecule has 0 radical (unpaired) electrons. The second-order valence-electron chi connectivity index (χ2n) is 18.2. The van der Waals surface area contributed by atoms with Crippen LogP contribution in [0.3, 0.4) is 0 Å². The van der Waals surface area contributed by atoms with Gasteiger partial charge in [-0.15, -0.1) is 0 Å². The van der Waals surface area contributed by atoms with Gasteiger partial charge in [0.1, 0.15) is 48.1 Å². The molecule has 2 N–H and O–H groups in total. The first-order valence-corrected chi connectivity index (χ1v) is 26.2. The van der Waals surface area contributed by atoms with E-state index in [1.807, 2.05) is 0 Å². The van der Waals surface area contributed by atoms with Gasteiger partial charge in [0, 0.05) is 12.2 Å². The quantitative estimate of drug-likeness (QED) is 0.0284. The number of ether oxygens (including phenoxy) is 5. The molecule has 18 heteroatoms. The Hall–Kier alpha value is -4.63. The Kier molecular flexibility index (Phi) is 20.7. The second-order valence-corrected chi connectivity index (χ2v) is 20.2. The summed E-state index contributed by atoms with van der Waals surface area (Å²) in [7, 11) is -4.60. The van der Waals surface area contributed by atoms with Crippen LogP contribution in [0.5, 0.6) is 5.75 Å². The third kappa shape index (κ3) is 15.2. The van der Waals surface area contributed by atoms with Crippen LogP contribution in [0.4, 0.5) is 11.5 Å². The summed E-state index contributed by atoms with van der Waals surface area (Å²) in [5.74, 6) is -0.891. The number of anilines is 1. The maximum Gasteiger partial charge on any atom is 0.530 e. The Bertz CT molecular complexity index is 2400. The van der Waals surface area contributed by atoms with Crippen molar-refractivity contribution in [1.82, 2.24) is 14.6 Å². The Morgan fingerprint density at radius 1 is 0.899 bits per heavy atom. The van der Waals surface area contributed by atoms with Crippen LogP contribution in [0.1, 0.15) is 140 Å². The highest BCUT2D eigenvalue weighted by molar-refractivity contribution is 7.49. The largest absolute Gasteiger partial charge is 0.530 e. The SMILES string of the molecule is [C-]#[N+]c1cc(C#N)cc(CO[C@H](COCCCCCCCCCCCCCCCCCC)COP(=O)(OC[C@H]2O[C@@](C#N)(c3ccc4c(N)ncnn34)[C@@H]3OC(C)(C)O[C@@H]32)Oc2ccccc2Cl)c1. The summed E-state index contributed by atoms with van der Waals surface area (Å²) in [4.78, 5) is 7.56. The first-order chi connectivity index (χ1) is 33.4. The predicted molar refractivity (Wildman–Crippen MR) is 261 cm³/mol. The summed E-state index contributed by atoms with van der Waals surface area (Å²) in [5, 5.41) is 24.9. The molecule has 4 aromatic rings. The molecule has 69 heavy (non-hydrogen) atoms. The number of phosphoric acid groups is 1. The van der Waals surface area contributed by atoms with Crippen molar-refractivity contribution in [3.63, 3.8) is 0 Å². The van der Waals surface area contributed by atoms with Crippen molar-refractivity contribution in [1.29, 1.82) is 10.5 Å². The molecule has 2 aliphatic heterocycles. The number of unbranched alkanes of at least 4 members (excludes halogenated alkanes) is 15. The number of rotatable bonds is 31. The molecule has 2 aromatic carbocycles. The lowest BCUT2D eigenvalue weighted by Gasteiger charge is -2.29. The molecule has 0 aliphatic carbocycles.